The van der Waals surface area contributed by atoms with Gasteiger partial charge in [-0.05, 0) is 61.2 Å². The summed E-state index contributed by atoms with van der Waals surface area (Å²) in [7, 11) is 1.52. The number of hydrogen-bond acceptors (Lipinski definition) is 3. The average molecular weight is 419 g/mol. The van der Waals surface area contributed by atoms with Crippen LogP contribution < -0.4 is 15.0 Å². The van der Waals surface area contributed by atoms with Crippen molar-refractivity contribution < 1.29 is 9.53 Å². The molecule has 1 heterocycles. The molecular weight excluding hydrogens is 395 g/mol. The number of halogens is 2. The molecule has 4 nitrogen and oxygen atoms in total. The highest BCUT2D eigenvalue weighted by atomic mass is 35.5. The van der Waals surface area contributed by atoms with Crippen molar-refractivity contribution in [3.05, 3.63) is 58.1 Å². The van der Waals surface area contributed by atoms with Crippen LogP contribution in [0.25, 0.3) is 6.08 Å². The molecule has 2 aromatic carbocycles. The molecule has 0 aromatic heterocycles. The summed E-state index contributed by atoms with van der Waals surface area (Å²) in [5, 5.41) is 3.75. The van der Waals surface area contributed by atoms with Gasteiger partial charge in [-0.2, -0.15) is 0 Å². The Bertz CT molecular complexity index is 858. The molecule has 0 aliphatic carbocycles. The molecule has 1 saturated heterocycles. The summed E-state index contributed by atoms with van der Waals surface area (Å²) in [6.07, 6.45) is 5.51. The number of amides is 1. The molecule has 0 atom stereocenters. The van der Waals surface area contributed by atoms with Gasteiger partial charge in [-0.25, -0.2) is 0 Å². The minimum atomic E-state index is -0.238. The maximum Gasteiger partial charge on any atom is 0.248 e. The van der Waals surface area contributed by atoms with E-state index in [1.165, 1.54) is 31.7 Å². The van der Waals surface area contributed by atoms with Crippen LogP contribution in [0.1, 0.15) is 25.3 Å². The van der Waals surface area contributed by atoms with Gasteiger partial charge in [-0.3, -0.25) is 4.79 Å². The molecule has 0 unspecified atom stereocenters. The van der Waals surface area contributed by atoms with Crippen molar-refractivity contribution in [3.63, 3.8) is 0 Å². The van der Waals surface area contributed by atoms with Crippen molar-refractivity contribution in [2.75, 3.05) is 30.4 Å². The maximum atomic E-state index is 12.3. The van der Waals surface area contributed by atoms with Gasteiger partial charge in [0.15, 0.2) is 0 Å². The third kappa shape index (κ3) is 5.21. The van der Waals surface area contributed by atoms with E-state index in [4.69, 9.17) is 27.9 Å². The Morgan fingerprint density at radius 2 is 1.86 bits per heavy atom. The van der Waals surface area contributed by atoms with Gasteiger partial charge < -0.3 is 15.0 Å². The van der Waals surface area contributed by atoms with Crippen LogP contribution in [0.2, 0.25) is 10.0 Å². The van der Waals surface area contributed by atoms with E-state index in [0.29, 0.717) is 21.4 Å². The molecule has 28 heavy (non-hydrogen) atoms. The van der Waals surface area contributed by atoms with Crippen LogP contribution in [0, 0.1) is 5.92 Å². The van der Waals surface area contributed by atoms with E-state index in [9.17, 15) is 4.79 Å². The second kappa shape index (κ2) is 9.35. The first kappa shape index (κ1) is 20.6. The number of nitrogens with one attached hydrogen (secondary N) is 1. The molecule has 1 aliphatic rings. The topological polar surface area (TPSA) is 41.6 Å². The van der Waals surface area contributed by atoms with Crippen molar-refractivity contribution in [3.8, 4) is 5.75 Å². The minimum absolute atomic E-state index is 0.238. The van der Waals surface area contributed by atoms with E-state index >= 15 is 0 Å². The van der Waals surface area contributed by atoms with E-state index in [1.807, 2.05) is 12.1 Å². The van der Waals surface area contributed by atoms with Gasteiger partial charge in [0, 0.05) is 41.1 Å². The highest BCUT2D eigenvalue weighted by Gasteiger charge is 2.15. The van der Waals surface area contributed by atoms with Gasteiger partial charge in [-0.15, -0.1) is 0 Å². The van der Waals surface area contributed by atoms with Crippen LogP contribution in [-0.2, 0) is 4.79 Å². The first-order valence-electron chi connectivity index (χ1n) is 9.33. The summed E-state index contributed by atoms with van der Waals surface area (Å²) in [5.74, 6) is 1.04. The molecule has 6 heteroatoms. The summed E-state index contributed by atoms with van der Waals surface area (Å²) in [6, 6.07) is 11.3. The Kier molecular flexibility index (Phi) is 6.87. The van der Waals surface area contributed by atoms with Crippen LogP contribution in [0.5, 0.6) is 5.75 Å². The highest BCUT2D eigenvalue weighted by molar-refractivity contribution is 6.36. The Morgan fingerprint density at radius 1 is 1.18 bits per heavy atom. The number of hydrogen-bond donors (Lipinski definition) is 1. The molecule has 2 aromatic rings. The molecule has 148 valence electrons. The maximum absolute atomic E-state index is 12.3. The fraction of sp³-hybridized carbons (Fsp3) is 0.318. The largest absolute Gasteiger partial charge is 0.495 e. The first-order valence-corrected chi connectivity index (χ1v) is 10.1. The van der Waals surface area contributed by atoms with Crippen molar-refractivity contribution in [2.24, 2.45) is 5.92 Å². The van der Waals surface area contributed by atoms with Gasteiger partial charge in [0.05, 0.1) is 12.1 Å². The SMILES string of the molecule is COc1c(Cl)cc(Cl)cc1/C=C/C(=O)Nc1ccc(N2CCC(C)CC2)cc1. The van der Waals surface area contributed by atoms with Crippen molar-refractivity contribution >= 4 is 46.6 Å². The predicted molar refractivity (Wildman–Crippen MR) is 118 cm³/mol. The van der Waals surface area contributed by atoms with Gasteiger partial charge in [0.25, 0.3) is 0 Å². The number of piperidine rings is 1. The number of nitrogens with zero attached hydrogens (tertiary/aromatic N) is 1. The molecule has 1 amide bonds. The molecule has 0 bridgehead atoms. The number of methoxy groups -OCH3 is 1. The smallest absolute Gasteiger partial charge is 0.248 e. The minimum Gasteiger partial charge on any atom is -0.495 e. The number of carbonyl (C=O) groups is 1. The first-order chi connectivity index (χ1) is 13.5. The summed E-state index contributed by atoms with van der Waals surface area (Å²) < 4.78 is 5.28. The Hall–Kier alpha value is -2.17. The van der Waals surface area contributed by atoms with Crippen LogP contribution in [0.4, 0.5) is 11.4 Å². The number of rotatable bonds is 5. The Labute approximate surface area is 176 Å². The molecule has 1 fully saturated rings. The zero-order valence-corrected chi connectivity index (χ0v) is 17.6. The molecule has 1 N–H and O–H groups in total. The van der Waals surface area contributed by atoms with Crippen molar-refractivity contribution in [1.82, 2.24) is 0 Å². The summed E-state index contributed by atoms with van der Waals surface area (Å²) >= 11 is 12.2. The van der Waals surface area contributed by atoms with Crippen molar-refractivity contribution in [1.29, 1.82) is 0 Å². The second-order valence-electron chi connectivity index (χ2n) is 7.05. The Morgan fingerprint density at radius 3 is 2.50 bits per heavy atom. The van der Waals surface area contributed by atoms with E-state index in [1.54, 1.807) is 18.2 Å². The van der Waals surface area contributed by atoms with Crippen LogP contribution >= 0.6 is 23.2 Å². The lowest BCUT2D eigenvalue weighted by atomic mass is 9.99. The quantitative estimate of drug-likeness (QED) is 0.615. The lowest BCUT2D eigenvalue weighted by Crippen LogP contribution is -2.32. The highest BCUT2D eigenvalue weighted by Crippen LogP contribution is 2.33. The fourth-order valence-corrected chi connectivity index (χ4v) is 3.88. The van der Waals surface area contributed by atoms with Crippen molar-refractivity contribution in [2.45, 2.75) is 19.8 Å². The molecule has 1 aliphatic heterocycles. The monoisotopic (exact) mass is 418 g/mol. The summed E-state index contributed by atoms with van der Waals surface area (Å²) in [6.45, 7) is 4.47. The molecule has 3 rings (SSSR count). The third-order valence-corrected chi connectivity index (χ3v) is 5.44. The number of benzene rings is 2. The zero-order valence-electron chi connectivity index (χ0n) is 16.0. The van der Waals surface area contributed by atoms with Crippen LogP contribution in [0.3, 0.4) is 0 Å². The summed E-state index contributed by atoms with van der Waals surface area (Å²) in [5.41, 5.74) is 2.59. The molecule has 0 spiro atoms. The van der Waals surface area contributed by atoms with E-state index in [-0.39, 0.29) is 5.91 Å². The standard InChI is InChI=1S/C22H24Cl2N2O2/c1-15-9-11-26(12-10-15)19-6-4-18(5-7-19)25-21(27)8-3-16-13-17(23)14-20(24)22(16)28-2/h3-8,13-15H,9-12H2,1-2H3,(H,25,27)/b8-3+. The lowest BCUT2D eigenvalue weighted by molar-refractivity contribution is -0.111. The van der Waals surface area contributed by atoms with Gasteiger partial charge in [0.1, 0.15) is 5.75 Å². The van der Waals surface area contributed by atoms with E-state index in [0.717, 1.165) is 24.7 Å². The normalized spacial score (nSPS) is 15.1. The fourth-order valence-electron chi connectivity index (χ4n) is 3.29. The number of anilines is 2. The predicted octanol–water partition coefficient (Wildman–Crippen LogP) is 5.89. The van der Waals surface area contributed by atoms with Crippen LogP contribution in [-0.4, -0.2) is 26.1 Å². The number of ether oxygens (including phenoxy) is 1. The third-order valence-electron chi connectivity index (χ3n) is 4.94. The van der Waals surface area contributed by atoms with E-state index < -0.39 is 0 Å². The average Bonchev–Trinajstić information content (AvgIpc) is 2.67. The van der Waals surface area contributed by atoms with Gasteiger partial charge in [-0.1, -0.05) is 30.1 Å². The lowest BCUT2D eigenvalue weighted by Gasteiger charge is -2.32. The number of carbonyl (C=O) groups excluding carboxylic acids is 1. The second-order valence-corrected chi connectivity index (χ2v) is 7.89. The van der Waals surface area contributed by atoms with Gasteiger partial charge in [0.2, 0.25) is 5.91 Å². The van der Waals surface area contributed by atoms with Gasteiger partial charge >= 0.3 is 0 Å². The molecule has 0 saturated carbocycles. The van der Waals surface area contributed by atoms with Crippen LogP contribution in [0.15, 0.2) is 42.5 Å². The zero-order chi connectivity index (χ0) is 20.1. The Balaban J connectivity index is 1.63. The summed E-state index contributed by atoms with van der Waals surface area (Å²) in [4.78, 5) is 14.7. The van der Waals surface area contributed by atoms with E-state index in [2.05, 4.69) is 29.3 Å². The molecule has 0 radical (unpaired) electrons. The molecular formula is C22H24Cl2N2O2.